The summed E-state index contributed by atoms with van der Waals surface area (Å²) in [5.74, 6) is -8.61. The van der Waals surface area contributed by atoms with E-state index in [0.29, 0.717) is 11.1 Å². The Hall–Kier alpha value is -3.27. The Morgan fingerprint density at radius 1 is 1.07 bits per heavy atom. The minimum atomic E-state index is -2.66. The molecule has 2 aromatic rings. The summed E-state index contributed by atoms with van der Waals surface area (Å²) in [4.78, 5) is 15.1. The van der Waals surface area contributed by atoms with Crippen molar-refractivity contribution in [3.05, 3.63) is 76.4 Å². The maximum absolute atomic E-state index is 13.8. The van der Waals surface area contributed by atoms with E-state index in [4.69, 9.17) is 5.21 Å². The molecule has 0 bridgehead atoms. The smallest absolute Gasteiger partial charge is 0.292 e. The molecule has 5 nitrogen and oxygen atoms in total. The van der Waals surface area contributed by atoms with Gasteiger partial charge in [-0.3, -0.25) is 10.0 Å². The van der Waals surface area contributed by atoms with E-state index in [1.807, 2.05) is 0 Å². The fourth-order valence-electron chi connectivity index (χ4n) is 1.86. The van der Waals surface area contributed by atoms with Crippen LogP contribution >= 0.6 is 0 Å². The van der Waals surface area contributed by atoms with Crippen LogP contribution in [-0.2, 0) is 9.63 Å². The number of amides is 1. The zero-order chi connectivity index (χ0) is 20.0. The van der Waals surface area contributed by atoms with Crippen LogP contribution in [0.4, 0.5) is 22.0 Å². The molecule has 142 valence electrons. The fourth-order valence-corrected chi connectivity index (χ4v) is 1.86. The van der Waals surface area contributed by atoms with Gasteiger partial charge in [-0.15, -0.1) is 0 Å². The first-order valence-corrected chi connectivity index (χ1v) is 7.22. The van der Waals surface area contributed by atoms with Crippen molar-refractivity contribution in [1.29, 1.82) is 0 Å². The molecular formula is C17H11F5N2O3. The molecule has 10 heteroatoms. The normalized spacial score (nSPS) is 12.5. The molecule has 0 radical (unpaired) electrons. The third-order valence-electron chi connectivity index (χ3n) is 3.20. The summed E-state index contributed by atoms with van der Waals surface area (Å²) in [7, 11) is 0. The second kappa shape index (κ2) is 8.90. The predicted octanol–water partition coefficient (Wildman–Crippen LogP) is 3.78. The molecule has 2 rings (SSSR count). The molecule has 2 N–H and O–H groups in total. The van der Waals surface area contributed by atoms with E-state index in [1.165, 1.54) is 23.7 Å². The predicted molar refractivity (Wildman–Crippen MR) is 84.2 cm³/mol. The first kappa shape index (κ1) is 20.0. The third kappa shape index (κ3) is 5.11. The van der Waals surface area contributed by atoms with Crippen molar-refractivity contribution in [3.63, 3.8) is 0 Å². The highest BCUT2D eigenvalue weighted by Crippen LogP contribution is 2.27. The van der Waals surface area contributed by atoms with Crippen LogP contribution in [0, 0.1) is 23.3 Å². The maximum Gasteiger partial charge on any atom is 0.292 e. The summed E-state index contributed by atoms with van der Waals surface area (Å²) >= 11 is 0. The summed E-state index contributed by atoms with van der Waals surface area (Å²) in [5, 5.41) is 11.6. The van der Waals surface area contributed by atoms with Crippen LogP contribution in [0.25, 0.3) is 6.08 Å². The van der Waals surface area contributed by atoms with Gasteiger partial charge in [0.1, 0.15) is 0 Å². The lowest BCUT2D eigenvalue weighted by molar-refractivity contribution is -0.124. The van der Waals surface area contributed by atoms with Crippen LogP contribution in [-0.4, -0.2) is 17.3 Å². The Balaban J connectivity index is 2.03. The second-order valence-electron chi connectivity index (χ2n) is 5.02. The Kier molecular flexibility index (Phi) is 6.61. The molecule has 1 unspecified atom stereocenters. The van der Waals surface area contributed by atoms with Gasteiger partial charge >= 0.3 is 0 Å². The van der Waals surface area contributed by atoms with Crippen molar-refractivity contribution in [2.24, 2.45) is 5.16 Å². The van der Waals surface area contributed by atoms with Crippen molar-refractivity contribution in [3.8, 4) is 0 Å². The van der Waals surface area contributed by atoms with Gasteiger partial charge in [0.25, 0.3) is 12.3 Å². The average Bonchev–Trinajstić information content (AvgIpc) is 2.68. The van der Waals surface area contributed by atoms with Crippen molar-refractivity contribution in [2.45, 2.75) is 6.36 Å². The van der Waals surface area contributed by atoms with Gasteiger partial charge in [0, 0.05) is 6.08 Å². The molecule has 1 atom stereocenters. The van der Waals surface area contributed by atoms with Crippen LogP contribution in [0.5, 0.6) is 0 Å². The molecule has 0 aromatic heterocycles. The van der Waals surface area contributed by atoms with Crippen molar-refractivity contribution < 1.29 is 36.8 Å². The number of carbonyl (C=O) groups is 1. The number of halogens is 5. The van der Waals surface area contributed by atoms with E-state index in [-0.39, 0.29) is 6.07 Å². The summed E-state index contributed by atoms with van der Waals surface area (Å²) in [5.41, 5.74) is 1.26. The van der Waals surface area contributed by atoms with Crippen molar-refractivity contribution in [2.75, 3.05) is 0 Å². The lowest BCUT2D eigenvalue weighted by Gasteiger charge is -2.09. The maximum atomic E-state index is 13.8. The van der Waals surface area contributed by atoms with E-state index in [0.717, 1.165) is 12.3 Å². The lowest BCUT2D eigenvalue weighted by atomic mass is 10.1. The number of hydrogen-bond acceptors (Lipinski definition) is 4. The van der Waals surface area contributed by atoms with Gasteiger partial charge in [0.2, 0.25) is 0 Å². The molecule has 0 aliphatic heterocycles. The first-order chi connectivity index (χ1) is 12.8. The van der Waals surface area contributed by atoms with E-state index >= 15 is 0 Å². The lowest BCUT2D eigenvalue weighted by Crippen LogP contribution is -2.14. The SMILES string of the molecule is O=C(C=Cc1ccc(C=NOC(F)c2cc(F)c(F)c(F)c2F)cc1)NO. The first-order valence-electron chi connectivity index (χ1n) is 7.22. The highest BCUT2D eigenvalue weighted by atomic mass is 19.2. The number of benzene rings is 2. The van der Waals surface area contributed by atoms with Gasteiger partial charge in [-0.05, 0) is 23.3 Å². The Bertz CT molecular complexity index is 885. The molecule has 1 amide bonds. The summed E-state index contributed by atoms with van der Waals surface area (Å²) in [6, 6.07) is 6.26. The number of hydrogen-bond donors (Lipinski definition) is 2. The topological polar surface area (TPSA) is 70.9 Å². The zero-order valence-corrected chi connectivity index (χ0v) is 13.3. The molecule has 27 heavy (non-hydrogen) atoms. The van der Waals surface area contributed by atoms with Gasteiger partial charge in [-0.2, -0.15) is 4.39 Å². The highest BCUT2D eigenvalue weighted by molar-refractivity contribution is 5.91. The number of oxime groups is 1. The van der Waals surface area contributed by atoms with Gasteiger partial charge in [0.15, 0.2) is 23.3 Å². The Morgan fingerprint density at radius 3 is 2.33 bits per heavy atom. The minimum absolute atomic E-state index is 0.137. The van der Waals surface area contributed by atoms with Crippen LogP contribution in [0.1, 0.15) is 23.0 Å². The van der Waals surface area contributed by atoms with Crippen molar-refractivity contribution in [1.82, 2.24) is 5.48 Å². The van der Waals surface area contributed by atoms with E-state index in [2.05, 4.69) is 9.99 Å². The molecule has 0 saturated heterocycles. The summed E-state index contributed by atoms with van der Waals surface area (Å²) in [6.07, 6.45) is 0.857. The zero-order valence-electron chi connectivity index (χ0n) is 13.3. The van der Waals surface area contributed by atoms with Gasteiger partial charge < -0.3 is 4.84 Å². The molecule has 2 aromatic carbocycles. The molecular weight excluding hydrogens is 375 g/mol. The minimum Gasteiger partial charge on any atom is -0.353 e. The van der Waals surface area contributed by atoms with Gasteiger partial charge in [-0.1, -0.05) is 29.4 Å². The molecule has 0 saturated carbocycles. The molecule has 0 fully saturated rings. The van der Waals surface area contributed by atoms with E-state index in [9.17, 15) is 26.7 Å². The quantitative estimate of drug-likeness (QED) is 0.151. The largest absolute Gasteiger partial charge is 0.353 e. The number of nitrogens with one attached hydrogen (secondary N) is 1. The molecule has 0 aliphatic carbocycles. The number of alkyl halides is 1. The Labute approximate surface area is 149 Å². The van der Waals surface area contributed by atoms with Gasteiger partial charge in [0.05, 0.1) is 11.8 Å². The van der Waals surface area contributed by atoms with Crippen molar-refractivity contribution >= 4 is 18.2 Å². The van der Waals surface area contributed by atoms with E-state index < -0.39 is 41.1 Å². The monoisotopic (exact) mass is 386 g/mol. The second-order valence-corrected chi connectivity index (χ2v) is 5.02. The van der Waals surface area contributed by atoms with Crippen LogP contribution in [0.3, 0.4) is 0 Å². The summed E-state index contributed by atoms with van der Waals surface area (Å²) in [6.45, 7) is 0. The number of hydroxylamine groups is 1. The number of rotatable bonds is 6. The van der Waals surface area contributed by atoms with E-state index in [1.54, 1.807) is 12.1 Å². The highest BCUT2D eigenvalue weighted by Gasteiger charge is 2.25. The Morgan fingerprint density at radius 2 is 1.70 bits per heavy atom. The summed E-state index contributed by atoms with van der Waals surface area (Å²) < 4.78 is 66.2. The standard InChI is InChI=1S/C17H11F5N2O3/c18-12-7-11(14(19)16(21)15(12)20)17(22)27-23-8-10-3-1-9(2-4-10)5-6-13(25)24-26/h1-8,17,26H,(H,24,25). The molecule has 0 heterocycles. The van der Waals surface area contributed by atoms with Gasteiger partial charge in [-0.25, -0.2) is 23.0 Å². The molecule has 0 spiro atoms. The average molecular weight is 386 g/mol. The fraction of sp³-hybridized carbons (Fsp3) is 0.0588. The van der Waals surface area contributed by atoms with Crippen LogP contribution in [0.15, 0.2) is 41.6 Å². The van der Waals surface area contributed by atoms with Crippen LogP contribution in [0.2, 0.25) is 0 Å². The molecule has 0 aliphatic rings. The van der Waals surface area contributed by atoms with Crippen LogP contribution < -0.4 is 5.48 Å². The number of nitrogens with zero attached hydrogens (tertiary/aromatic N) is 1. The third-order valence-corrected chi connectivity index (χ3v) is 3.20. The number of carbonyl (C=O) groups excluding carboxylic acids is 1.